The maximum absolute atomic E-state index is 12.3. The maximum Gasteiger partial charge on any atom is 0.338 e. The minimum Gasteiger partial charge on any atom is -0.454 e. The Morgan fingerprint density at radius 1 is 1.11 bits per heavy atom. The summed E-state index contributed by atoms with van der Waals surface area (Å²) in [5, 5.41) is 11.5. The van der Waals surface area contributed by atoms with Crippen molar-refractivity contribution >= 4 is 39.1 Å². The van der Waals surface area contributed by atoms with Gasteiger partial charge in [0.1, 0.15) is 5.69 Å². The molecule has 1 aliphatic rings. The number of ketones is 1. The van der Waals surface area contributed by atoms with Gasteiger partial charge in [-0.3, -0.25) is 14.9 Å². The van der Waals surface area contributed by atoms with Crippen molar-refractivity contribution in [3.8, 4) is 0 Å². The van der Waals surface area contributed by atoms with E-state index >= 15 is 0 Å². The van der Waals surface area contributed by atoms with Crippen LogP contribution in [0.15, 0.2) is 46.9 Å². The van der Waals surface area contributed by atoms with Crippen molar-refractivity contribution in [3.63, 3.8) is 0 Å². The Morgan fingerprint density at radius 3 is 2.50 bits per heavy atom. The molecular weight excluding hydrogens is 428 g/mol. The van der Waals surface area contributed by atoms with Gasteiger partial charge in [-0.1, -0.05) is 34.1 Å². The van der Waals surface area contributed by atoms with Crippen LogP contribution in [-0.2, 0) is 4.74 Å². The van der Waals surface area contributed by atoms with Crippen molar-refractivity contribution in [2.45, 2.75) is 19.3 Å². The molecule has 1 fully saturated rings. The highest BCUT2D eigenvalue weighted by Gasteiger charge is 2.24. The Morgan fingerprint density at radius 2 is 1.82 bits per heavy atom. The van der Waals surface area contributed by atoms with Crippen LogP contribution in [-0.4, -0.2) is 36.4 Å². The lowest BCUT2D eigenvalue weighted by Gasteiger charge is -2.28. The fourth-order valence-corrected chi connectivity index (χ4v) is 3.68. The molecule has 8 heteroatoms. The molecule has 1 aliphatic heterocycles. The van der Waals surface area contributed by atoms with E-state index in [1.54, 1.807) is 30.3 Å². The Labute approximate surface area is 170 Å². The molecule has 0 saturated carbocycles. The number of ether oxygens (including phenoxy) is 1. The summed E-state index contributed by atoms with van der Waals surface area (Å²) >= 11 is 3.28. The van der Waals surface area contributed by atoms with Gasteiger partial charge in [0.25, 0.3) is 5.69 Å². The standard InChI is InChI=1S/C20H19BrN2O5/c21-16-7-3-2-6-15(16)19(24)13-28-20(25)14-8-9-17(18(12-14)23(26)27)22-10-4-1-5-11-22/h2-3,6-9,12H,1,4-5,10-11,13H2. The number of nitro groups is 1. The number of esters is 1. The van der Waals surface area contributed by atoms with E-state index < -0.39 is 17.5 Å². The maximum atomic E-state index is 12.3. The van der Waals surface area contributed by atoms with Crippen LogP contribution in [0.3, 0.4) is 0 Å². The normalized spacial score (nSPS) is 13.8. The largest absolute Gasteiger partial charge is 0.454 e. The molecule has 0 aliphatic carbocycles. The van der Waals surface area contributed by atoms with E-state index in [-0.39, 0.29) is 17.0 Å². The molecule has 0 amide bonds. The van der Waals surface area contributed by atoms with Crippen molar-refractivity contribution < 1.29 is 19.2 Å². The Balaban J connectivity index is 1.73. The SMILES string of the molecule is O=C(OCC(=O)c1ccccc1Br)c1ccc(N2CCCCC2)c([N+](=O)[O-])c1. The van der Waals surface area contributed by atoms with Gasteiger partial charge in [-0.2, -0.15) is 0 Å². The fourth-order valence-electron chi connectivity index (χ4n) is 3.18. The number of nitrogens with zero attached hydrogens (tertiary/aromatic N) is 2. The summed E-state index contributed by atoms with van der Waals surface area (Å²) in [6.07, 6.45) is 3.08. The number of carbonyl (C=O) groups is 2. The van der Waals surface area contributed by atoms with Gasteiger partial charge >= 0.3 is 5.97 Å². The second-order valence-electron chi connectivity index (χ2n) is 6.49. The van der Waals surface area contributed by atoms with E-state index in [9.17, 15) is 19.7 Å². The van der Waals surface area contributed by atoms with E-state index in [4.69, 9.17) is 4.74 Å². The molecule has 2 aromatic carbocycles. The second kappa shape index (κ2) is 8.97. The molecule has 3 rings (SSSR count). The molecule has 2 aromatic rings. The predicted octanol–water partition coefficient (Wildman–Crippen LogP) is 4.39. The first-order valence-corrected chi connectivity index (χ1v) is 9.75. The molecule has 28 heavy (non-hydrogen) atoms. The predicted molar refractivity (Wildman–Crippen MR) is 108 cm³/mol. The number of anilines is 1. The molecule has 0 spiro atoms. The van der Waals surface area contributed by atoms with E-state index in [2.05, 4.69) is 15.9 Å². The molecule has 0 N–H and O–H groups in total. The molecule has 7 nitrogen and oxygen atoms in total. The summed E-state index contributed by atoms with van der Waals surface area (Å²) in [4.78, 5) is 37.5. The van der Waals surface area contributed by atoms with Gasteiger partial charge in [0.05, 0.1) is 10.5 Å². The number of Topliss-reactive ketones (excluding diaryl/α,β-unsaturated/α-hetero) is 1. The lowest BCUT2D eigenvalue weighted by Crippen LogP contribution is -2.30. The average Bonchev–Trinajstić information content (AvgIpc) is 2.72. The van der Waals surface area contributed by atoms with Crippen molar-refractivity contribution in [2.75, 3.05) is 24.6 Å². The summed E-state index contributed by atoms with van der Waals surface area (Å²) < 4.78 is 5.68. The smallest absolute Gasteiger partial charge is 0.338 e. The van der Waals surface area contributed by atoms with E-state index in [0.717, 1.165) is 32.4 Å². The Kier molecular flexibility index (Phi) is 6.41. The number of hydrogen-bond donors (Lipinski definition) is 0. The highest BCUT2D eigenvalue weighted by atomic mass is 79.9. The number of hydrogen-bond acceptors (Lipinski definition) is 6. The van der Waals surface area contributed by atoms with E-state index in [1.807, 2.05) is 4.90 Å². The average molecular weight is 447 g/mol. The number of benzene rings is 2. The van der Waals surface area contributed by atoms with Gasteiger partial charge in [-0.05, 0) is 37.5 Å². The third-order valence-corrected chi connectivity index (χ3v) is 5.30. The number of piperidine rings is 1. The summed E-state index contributed by atoms with van der Waals surface area (Å²) in [5.41, 5.74) is 0.827. The minimum atomic E-state index is -0.770. The number of nitro benzene ring substituents is 1. The van der Waals surface area contributed by atoms with Crippen LogP contribution in [0.4, 0.5) is 11.4 Å². The molecule has 0 bridgehead atoms. The molecule has 0 aromatic heterocycles. The molecule has 146 valence electrons. The summed E-state index contributed by atoms with van der Waals surface area (Å²) in [6, 6.07) is 11.1. The topological polar surface area (TPSA) is 89.8 Å². The van der Waals surface area contributed by atoms with E-state index in [0.29, 0.717) is 15.7 Å². The van der Waals surface area contributed by atoms with Crippen molar-refractivity contribution in [1.29, 1.82) is 0 Å². The number of rotatable bonds is 6. The quantitative estimate of drug-likeness (QED) is 0.283. The second-order valence-corrected chi connectivity index (χ2v) is 7.34. The van der Waals surface area contributed by atoms with Gasteiger partial charge in [-0.25, -0.2) is 4.79 Å². The van der Waals surface area contributed by atoms with Crippen LogP contribution in [0.25, 0.3) is 0 Å². The van der Waals surface area contributed by atoms with Gasteiger partial charge in [0.15, 0.2) is 6.61 Å². The van der Waals surface area contributed by atoms with Crippen LogP contribution < -0.4 is 4.90 Å². The van der Waals surface area contributed by atoms with Crippen molar-refractivity contribution in [1.82, 2.24) is 0 Å². The third kappa shape index (κ3) is 4.56. The Hall–Kier alpha value is -2.74. The zero-order valence-corrected chi connectivity index (χ0v) is 16.7. The Bertz CT molecular complexity index is 909. The third-order valence-electron chi connectivity index (χ3n) is 4.61. The lowest BCUT2D eigenvalue weighted by molar-refractivity contribution is -0.384. The molecule has 0 radical (unpaired) electrons. The first-order chi connectivity index (χ1) is 13.5. The highest BCUT2D eigenvalue weighted by Crippen LogP contribution is 2.31. The first-order valence-electron chi connectivity index (χ1n) is 8.95. The zero-order valence-electron chi connectivity index (χ0n) is 15.1. The van der Waals surface area contributed by atoms with Crippen LogP contribution in [0.5, 0.6) is 0 Å². The van der Waals surface area contributed by atoms with Crippen LogP contribution in [0, 0.1) is 10.1 Å². The van der Waals surface area contributed by atoms with Gasteiger partial charge in [0.2, 0.25) is 5.78 Å². The zero-order chi connectivity index (χ0) is 20.1. The fraction of sp³-hybridized carbons (Fsp3) is 0.300. The number of carbonyl (C=O) groups excluding carboxylic acids is 2. The van der Waals surface area contributed by atoms with Gasteiger partial charge in [0, 0.05) is 29.2 Å². The number of halogens is 1. The monoisotopic (exact) mass is 446 g/mol. The highest BCUT2D eigenvalue weighted by molar-refractivity contribution is 9.10. The molecule has 1 heterocycles. The van der Waals surface area contributed by atoms with Gasteiger partial charge < -0.3 is 9.64 Å². The van der Waals surface area contributed by atoms with Crippen LogP contribution in [0.1, 0.15) is 40.0 Å². The van der Waals surface area contributed by atoms with Crippen molar-refractivity contribution in [2.24, 2.45) is 0 Å². The van der Waals surface area contributed by atoms with Crippen LogP contribution in [0.2, 0.25) is 0 Å². The van der Waals surface area contributed by atoms with Crippen LogP contribution >= 0.6 is 15.9 Å². The van der Waals surface area contributed by atoms with Crippen molar-refractivity contribution in [3.05, 3.63) is 68.2 Å². The first kappa shape index (κ1) is 20.0. The summed E-state index contributed by atoms with van der Waals surface area (Å²) in [6.45, 7) is 1.07. The molecule has 1 saturated heterocycles. The molecule has 0 unspecified atom stereocenters. The van der Waals surface area contributed by atoms with Gasteiger partial charge in [-0.15, -0.1) is 0 Å². The molecular formula is C20H19BrN2O5. The molecule has 0 atom stereocenters. The minimum absolute atomic E-state index is 0.0485. The summed E-state index contributed by atoms with van der Waals surface area (Å²) in [5.74, 6) is -1.13. The lowest BCUT2D eigenvalue weighted by atomic mass is 10.1. The summed E-state index contributed by atoms with van der Waals surface area (Å²) in [7, 11) is 0. The van der Waals surface area contributed by atoms with E-state index in [1.165, 1.54) is 12.1 Å².